The number of rotatable bonds is 4. The summed E-state index contributed by atoms with van der Waals surface area (Å²) >= 11 is 0. The summed E-state index contributed by atoms with van der Waals surface area (Å²) in [5.41, 5.74) is 6.44. The van der Waals surface area contributed by atoms with Crippen LogP contribution >= 0.6 is 0 Å². The molecule has 7 nitrogen and oxygen atoms in total. The van der Waals surface area contributed by atoms with Crippen molar-refractivity contribution >= 4 is 22.9 Å². The predicted octanol–water partition coefficient (Wildman–Crippen LogP) is 1.48. The summed E-state index contributed by atoms with van der Waals surface area (Å²) < 4.78 is 5.14. The first-order chi connectivity index (χ1) is 10.2. The molecular weight excluding hydrogens is 284 g/mol. The number of hydrogen-bond acceptors (Lipinski definition) is 4. The van der Waals surface area contributed by atoms with E-state index < -0.39 is 23.6 Å². The van der Waals surface area contributed by atoms with Gasteiger partial charge in [-0.15, -0.1) is 0 Å². The molecule has 22 heavy (non-hydrogen) atoms. The number of fused-ring (bicyclic) bond motifs is 1. The van der Waals surface area contributed by atoms with Crippen LogP contribution in [0, 0.1) is 0 Å². The van der Waals surface area contributed by atoms with Gasteiger partial charge in [0, 0.05) is 11.8 Å². The van der Waals surface area contributed by atoms with Crippen molar-refractivity contribution in [3.8, 4) is 0 Å². The van der Waals surface area contributed by atoms with Gasteiger partial charge in [0.2, 0.25) is 5.91 Å². The third kappa shape index (κ3) is 4.21. The number of aromatic amines is 1. The Kier molecular flexibility index (Phi) is 4.35. The molecule has 1 aromatic carbocycles. The van der Waals surface area contributed by atoms with Crippen molar-refractivity contribution in [2.75, 3.05) is 0 Å². The molecule has 0 aliphatic carbocycles. The summed E-state index contributed by atoms with van der Waals surface area (Å²) in [7, 11) is 0. The van der Waals surface area contributed by atoms with Gasteiger partial charge in [0.15, 0.2) is 0 Å². The Balaban J connectivity index is 2.08. The lowest BCUT2D eigenvalue weighted by molar-refractivity contribution is -0.120. The number of nitrogens with one attached hydrogen (secondary N) is 2. The molecule has 0 saturated carbocycles. The third-order valence-corrected chi connectivity index (χ3v) is 2.98. The molecule has 2 amide bonds. The minimum absolute atomic E-state index is 0.281. The van der Waals surface area contributed by atoms with Crippen molar-refractivity contribution in [1.29, 1.82) is 0 Å². The van der Waals surface area contributed by atoms with Gasteiger partial charge in [0.1, 0.15) is 11.6 Å². The second-order valence-electron chi connectivity index (χ2n) is 6.10. The normalized spacial score (nSPS) is 12.9. The van der Waals surface area contributed by atoms with Crippen molar-refractivity contribution in [1.82, 2.24) is 15.5 Å². The van der Waals surface area contributed by atoms with Crippen molar-refractivity contribution in [2.45, 2.75) is 38.8 Å². The fraction of sp³-hybridized carbons (Fsp3) is 0.400. The number of H-pyrrole nitrogens is 1. The van der Waals surface area contributed by atoms with Crippen LogP contribution in [-0.2, 0) is 16.0 Å². The first-order valence-corrected chi connectivity index (χ1v) is 6.95. The lowest BCUT2D eigenvalue weighted by Crippen LogP contribution is -2.47. The van der Waals surface area contributed by atoms with Gasteiger partial charge in [0.25, 0.3) is 0 Å². The van der Waals surface area contributed by atoms with E-state index in [1.165, 1.54) is 0 Å². The number of alkyl carbamates (subject to hydrolysis) is 1. The Hall–Kier alpha value is -2.57. The molecule has 0 saturated heterocycles. The molecule has 0 bridgehead atoms. The smallest absolute Gasteiger partial charge is 0.408 e. The molecule has 1 aromatic heterocycles. The van der Waals surface area contributed by atoms with E-state index in [4.69, 9.17) is 10.5 Å². The van der Waals surface area contributed by atoms with Crippen LogP contribution in [0.1, 0.15) is 26.3 Å². The van der Waals surface area contributed by atoms with E-state index in [2.05, 4.69) is 15.5 Å². The largest absolute Gasteiger partial charge is 0.444 e. The number of carbonyl (C=O) groups excluding carboxylic acids is 2. The molecule has 2 aromatic rings. The van der Waals surface area contributed by atoms with E-state index in [1.807, 2.05) is 18.2 Å². The SMILES string of the molecule is CC(C)(C)OC(=O)NC(Cc1ccc2cn[nH]c2c1)C(N)=O. The Labute approximate surface area is 128 Å². The standard InChI is InChI=1S/C15H20N4O3/c1-15(2,3)22-14(21)18-12(13(16)20)7-9-4-5-10-8-17-19-11(10)6-9/h4-6,8,12H,7H2,1-3H3,(H2,16,20)(H,17,19)(H,18,21). The molecule has 7 heteroatoms. The number of carbonyl (C=O) groups is 2. The molecule has 0 aliphatic heterocycles. The third-order valence-electron chi connectivity index (χ3n) is 2.98. The zero-order chi connectivity index (χ0) is 16.3. The highest BCUT2D eigenvalue weighted by molar-refractivity contribution is 5.85. The summed E-state index contributed by atoms with van der Waals surface area (Å²) in [6, 6.07) is 4.79. The van der Waals surface area contributed by atoms with Crippen LogP contribution in [0.25, 0.3) is 10.9 Å². The maximum atomic E-state index is 11.8. The number of amides is 2. The van der Waals surface area contributed by atoms with Gasteiger partial charge in [-0.2, -0.15) is 5.10 Å². The molecule has 1 heterocycles. The van der Waals surface area contributed by atoms with Gasteiger partial charge in [-0.3, -0.25) is 9.89 Å². The van der Waals surface area contributed by atoms with Crippen LogP contribution in [0.5, 0.6) is 0 Å². The highest BCUT2D eigenvalue weighted by atomic mass is 16.6. The van der Waals surface area contributed by atoms with Gasteiger partial charge in [0.05, 0.1) is 11.7 Å². The fourth-order valence-electron chi connectivity index (χ4n) is 2.02. The minimum Gasteiger partial charge on any atom is -0.444 e. The zero-order valence-electron chi connectivity index (χ0n) is 12.8. The monoisotopic (exact) mass is 304 g/mol. The summed E-state index contributed by atoms with van der Waals surface area (Å²) in [6.07, 6.45) is 1.33. The molecule has 0 radical (unpaired) electrons. The number of nitrogens with zero attached hydrogens (tertiary/aromatic N) is 1. The number of aromatic nitrogens is 2. The number of nitrogens with two attached hydrogens (primary N) is 1. The molecule has 4 N–H and O–H groups in total. The molecule has 0 aliphatic rings. The highest BCUT2D eigenvalue weighted by Crippen LogP contribution is 2.14. The van der Waals surface area contributed by atoms with Crippen molar-refractivity contribution < 1.29 is 14.3 Å². The van der Waals surface area contributed by atoms with E-state index in [-0.39, 0.29) is 6.42 Å². The average molecular weight is 304 g/mol. The van der Waals surface area contributed by atoms with Gasteiger partial charge < -0.3 is 15.8 Å². The average Bonchev–Trinajstić information content (AvgIpc) is 2.82. The van der Waals surface area contributed by atoms with Gasteiger partial charge in [-0.1, -0.05) is 12.1 Å². The Morgan fingerprint density at radius 3 is 2.77 bits per heavy atom. The zero-order valence-corrected chi connectivity index (χ0v) is 12.8. The van der Waals surface area contributed by atoms with Crippen molar-refractivity contribution in [3.05, 3.63) is 30.0 Å². The first-order valence-electron chi connectivity index (χ1n) is 6.95. The van der Waals surface area contributed by atoms with Gasteiger partial charge >= 0.3 is 6.09 Å². The maximum Gasteiger partial charge on any atom is 0.408 e. The summed E-state index contributed by atoms with van der Waals surface area (Å²) in [5, 5.41) is 10.3. The summed E-state index contributed by atoms with van der Waals surface area (Å²) in [5.74, 6) is -0.615. The lowest BCUT2D eigenvalue weighted by Gasteiger charge is -2.22. The van der Waals surface area contributed by atoms with Crippen LogP contribution in [0.4, 0.5) is 4.79 Å². The van der Waals surface area contributed by atoms with Gasteiger partial charge in [-0.25, -0.2) is 4.79 Å². The minimum atomic E-state index is -0.838. The summed E-state index contributed by atoms with van der Waals surface area (Å²) in [6.45, 7) is 5.24. The van der Waals surface area contributed by atoms with Crippen LogP contribution in [-0.4, -0.2) is 33.8 Å². The number of hydrogen-bond donors (Lipinski definition) is 3. The van der Waals surface area contributed by atoms with Gasteiger partial charge in [-0.05, 0) is 32.4 Å². The Morgan fingerprint density at radius 1 is 1.41 bits per heavy atom. The fourth-order valence-corrected chi connectivity index (χ4v) is 2.02. The molecular formula is C15H20N4O3. The van der Waals surface area contributed by atoms with E-state index in [0.29, 0.717) is 0 Å². The molecule has 118 valence electrons. The van der Waals surface area contributed by atoms with Crippen LogP contribution in [0.3, 0.4) is 0 Å². The van der Waals surface area contributed by atoms with E-state index in [1.54, 1.807) is 27.0 Å². The Bertz CT molecular complexity index is 687. The molecule has 2 rings (SSSR count). The van der Waals surface area contributed by atoms with Crippen molar-refractivity contribution in [2.24, 2.45) is 5.73 Å². The molecule has 0 spiro atoms. The maximum absolute atomic E-state index is 11.8. The highest BCUT2D eigenvalue weighted by Gasteiger charge is 2.23. The van der Waals surface area contributed by atoms with Crippen LogP contribution in [0.2, 0.25) is 0 Å². The lowest BCUT2D eigenvalue weighted by atomic mass is 10.0. The summed E-state index contributed by atoms with van der Waals surface area (Å²) in [4.78, 5) is 23.3. The Morgan fingerprint density at radius 2 is 2.14 bits per heavy atom. The van der Waals surface area contributed by atoms with E-state index >= 15 is 0 Å². The number of benzene rings is 1. The first kappa shape index (κ1) is 15.8. The second-order valence-corrected chi connectivity index (χ2v) is 6.10. The predicted molar refractivity (Wildman–Crippen MR) is 82.1 cm³/mol. The van der Waals surface area contributed by atoms with Crippen LogP contribution in [0.15, 0.2) is 24.4 Å². The molecule has 0 fully saturated rings. The molecule has 1 atom stereocenters. The quantitative estimate of drug-likeness (QED) is 0.794. The number of ether oxygens (including phenoxy) is 1. The molecule has 1 unspecified atom stereocenters. The van der Waals surface area contributed by atoms with Crippen LogP contribution < -0.4 is 11.1 Å². The van der Waals surface area contributed by atoms with E-state index in [9.17, 15) is 9.59 Å². The number of primary amides is 1. The van der Waals surface area contributed by atoms with Crippen molar-refractivity contribution in [3.63, 3.8) is 0 Å². The topological polar surface area (TPSA) is 110 Å². The second kappa shape index (κ2) is 6.05. The van der Waals surface area contributed by atoms with E-state index in [0.717, 1.165) is 16.5 Å².